The van der Waals surface area contributed by atoms with Crippen LogP contribution in [0.15, 0.2) is 122 Å². The minimum atomic E-state index is 0.703. The first-order chi connectivity index (χ1) is 19.6. The molecule has 3 aromatic heterocycles. The molecule has 0 unspecified atom stereocenters. The van der Waals surface area contributed by atoms with E-state index in [1.807, 2.05) is 30.6 Å². The van der Waals surface area contributed by atoms with Gasteiger partial charge in [0.25, 0.3) is 0 Å². The zero-order valence-corrected chi connectivity index (χ0v) is 22.0. The number of hydrogen-bond donors (Lipinski definition) is 1. The molecule has 0 saturated heterocycles. The van der Waals surface area contributed by atoms with E-state index in [0.717, 1.165) is 71.7 Å². The Kier molecular flexibility index (Phi) is 5.79. The highest BCUT2D eigenvalue weighted by Crippen LogP contribution is 2.32. The molecule has 0 bridgehead atoms. The molecule has 7 rings (SSSR count). The van der Waals surface area contributed by atoms with Crippen molar-refractivity contribution in [3.8, 4) is 22.3 Å². The summed E-state index contributed by atoms with van der Waals surface area (Å²) in [5.74, 6) is 0. The summed E-state index contributed by atoms with van der Waals surface area (Å²) in [6.45, 7) is 2.12. The molecule has 0 radical (unpaired) electrons. The minimum Gasteiger partial charge on any atom is -0.396 e. The standard InChI is InChI=1S/C36H26N4/c1-23(18-30-14-12-24-10-4-16-38-34(24)33(30)37)26-6-2-7-27(19-26)28-8-3-9-29(20-28)32-21-31-15-13-25-11-5-17-39-35(25)36(31)40-22-32/h2-22H,37H2,1H3/b23-18+. The van der Waals surface area contributed by atoms with Crippen molar-refractivity contribution in [1.29, 1.82) is 0 Å². The van der Waals surface area contributed by atoms with E-state index in [1.165, 1.54) is 0 Å². The number of fused-ring (bicyclic) bond motifs is 4. The molecule has 4 aromatic carbocycles. The number of rotatable bonds is 4. The molecule has 0 spiro atoms. The van der Waals surface area contributed by atoms with E-state index in [1.54, 1.807) is 6.20 Å². The number of aromatic nitrogens is 3. The molecular formula is C36H26N4. The number of pyridine rings is 3. The van der Waals surface area contributed by atoms with Gasteiger partial charge >= 0.3 is 0 Å². The van der Waals surface area contributed by atoms with Crippen LogP contribution in [0.3, 0.4) is 0 Å². The maximum absolute atomic E-state index is 6.48. The van der Waals surface area contributed by atoms with E-state index in [2.05, 4.69) is 108 Å². The van der Waals surface area contributed by atoms with Gasteiger partial charge in [0, 0.05) is 40.3 Å². The van der Waals surface area contributed by atoms with Crippen molar-refractivity contribution in [2.45, 2.75) is 6.92 Å². The number of benzene rings is 4. The summed E-state index contributed by atoms with van der Waals surface area (Å²) >= 11 is 0. The van der Waals surface area contributed by atoms with Gasteiger partial charge in [0.1, 0.15) is 0 Å². The fourth-order valence-electron chi connectivity index (χ4n) is 5.34. The number of hydrogen-bond acceptors (Lipinski definition) is 4. The second kappa shape index (κ2) is 9.75. The molecule has 0 aliphatic carbocycles. The van der Waals surface area contributed by atoms with E-state index >= 15 is 0 Å². The Morgan fingerprint density at radius 2 is 1.20 bits per heavy atom. The number of nitrogens with zero attached hydrogens (tertiary/aromatic N) is 3. The Balaban J connectivity index is 1.23. The molecule has 7 aromatic rings. The quantitative estimate of drug-likeness (QED) is 0.145. The van der Waals surface area contributed by atoms with Crippen molar-refractivity contribution in [3.63, 3.8) is 0 Å². The second-order valence-corrected chi connectivity index (χ2v) is 10.1. The molecule has 4 nitrogen and oxygen atoms in total. The first-order valence-corrected chi connectivity index (χ1v) is 13.3. The average molecular weight is 515 g/mol. The van der Waals surface area contributed by atoms with Crippen LogP contribution in [0.1, 0.15) is 18.1 Å². The van der Waals surface area contributed by atoms with Gasteiger partial charge in [0.15, 0.2) is 0 Å². The third kappa shape index (κ3) is 4.26. The van der Waals surface area contributed by atoms with Crippen molar-refractivity contribution < 1.29 is 0 Å². The van der Waals surface area contributed by atoms with Crippen molar-refractivity contribution >= 4 is 50.0 Å². The summed E-state index contributed by atoms with van der Waals surface area (Å²) in [6.07, 6.45) is 7.68. The molecule has 0 amide bonds. The van der Waals surface area contributed by atoms with Gasteiger partial charge in [-0.05, 0) is 76.7 Å². The van der Waals surface area contributed by atoms with E-state index in [0.29, 0.717) is 5.69 Å². The third-order valence-electron chi connectivity index (χ3n) is 7.49. The van der Waals surface area contributed by atoms with Crippen LogP contribution >= 0.6 is 0 Å². The van der Waals surface area contributed by atoms with E-state index in [-0.39, 0.29) is 0 Å². The van der Waals surface area contributed by atoms with Gasteiger partial charge in [-0.2, -0.15) is 0 Å². The largest absolute Gasteiger partial charge is 0.396 e. The van der Waals surface area contributed by atoms with Crippen LogP contribution in [-0.4, -0.2) is 15.0 Å². The summed E-state index contributed by atoms with van der Waals surface area (Å²) in [7, 11) is 0. The summed E-state index contributed by atoms with van der Waals surface area (Å²) in [6, 6.07) is 35.8. The van der Waals surface area contributed by atoms with Crippen LogP contribution in [0, 0.1) is 0 Å². The predicted molar refractivity (Wildman–Crippen MR) is 168 cm³/mol. The molecule has 0 aliphatic rings. The van der Waals surface area contributed by atoms with Gasteiger partial charge in [0.2, 0.25) is 0 Å². The van der Waals surface area contributed by atoms with Crippen LogP contribution in [0.4, 0.5) is 5.69 Å². The summed E-state index contributed by atoms with van der Waals surface area (Å²) in [5.41, 5.74) is 17.7. The monoisotopic (exact) mass is 514 g/mol. The number of anilines is 1. The van der Waals surface area contributed by atoms with Gasteiger partial charge < -0.3 is 5.73 Å². The van der Waals surface area contributed by atoms with E-state index in [9.17, 15) is 0 Å². The summed E-state index contributed by atoms with van der Waals surface area (Å²) < 4.78 is 0. The van der Waals surface area contributed by atoms with Crippen LogP contribution in [0.2, 0.25) is 0 Å². The van der Waals surface area contributed by atoms with Gasteiger partial charge in [-0.3, -0.25) is 15.0 Å². The molecule has 0 saturated carbocycles. The topological polar surface area (TPSA) is 64.7 Å². The minimum absolute atomic E-state index is 0.703. The maximum atomic E-state index is 6.48. The van der Waals surface area contributed by atoms with Gasteiger partial charge in [0.05, 0.1) is 22.2 Å². The lowest BCUT2D eigenvalue weighted by molar-refractivity contribution is 1.37. The second-order valence-electron chi connectivity index (χ2n) is 10.1. The highest BCUT2D eigenvalue weighted by molar-refractivity contribution is 6.03. The van der Waals surface area contributed by atoms with Crippen LogP contribution in [0.5, 0.6) is 0 Å². The Hall–Kier alpha value is -5.35. The van der Waals surface area contributed by atoms with Crippen molar-refractivity contribution in [3.05, 3.63) is 133 Å². The average Bonchev–Trinajstić information content (AvgIpc) is 3.02. The van der Waals surface area contributed by atoms with Gasteiger partial charge in [-0.1, -0.05) is 72.8 Å². The third-order valence-corrected chi connectivity index (χ3v) is 7.49. The number of nitrogen functional groups attached to an aromatic ring is 1. The predicted octanol–water partition coefficient (Wildman–Crippen LogP) is 8.81. The Bertz CT molecular complexity index is 2090. The van der Waals surface area contributed by atoms with Crippen LogP contribution < -0.4 is 5.73 Å². The van der Waals surface area contributed by atoms with E-state index < -0.39 is 0 Å². The Morgan fingerprint density at radius 3 is 2.02 bits per heavy atom. The van der Waals surface area contributed by atoms with E-state index in [4.69, 9.17) is 10.7 Å². The summed E-state index contributed by atoms with van der Waals surface area (Å²) in [5, 5.41) is 3.23. The zero-order valence-electron chi connectivity index (χ0n) is 22.0. The molecule has 40 heavy (non-hydrogen) atoms. The van der Waals surface area contributed by atoms with Crippen molar-refractivity contribution in [2.75, 3.05) is 5.73 Å². The lowest BCUT2D eigenvalue weighted by Crippen LogP contribution is -1.93. The lowest BCUT2D eigenvalue weighted by atomic mass is 9.95. The molecule has 190 valence electrons. The normalized spacial score (nSPS) is 11.9. The first-order valence-electron chi connectivity index (χ1n) is 13.3. The summed E-state index contributed by atoms with van der Waals surface area (Å²) in [4.78, 5) is 13.8. The number of allylic oxidation sites excluding steroid dienone is 1. The fourth-order valence-corrected chi connectivity index (χ4v) is 5.34. The SMILES string of the molecule is C/C(=C\c1ccc2cccnc2c1N)c1cccc(-c2cccc(-c3cnc4c(ccc5cccnc54)c3)c2)c1. The molecule has 0 aliphatic heterocycles. The van der Waals surface area contributed by atoms with Gasteiger partial charge in [-0.15, -0.1) is 0 Å². The van der Waals surface area contributed by atoms with Crippen LogP contribution in [-0.2, 0) is 0 Å². The molecule has 3 heterocycles. The Labute approximate surface area is 232 Å². The molecule has 0 atom stereocenters. The Morgan fingerprint density at radius 1 is 0.575 bits per heavy atom. The zero-order chi connectivity index (χ0) is 27.1. The molecule has 0 fully saturated rings. The maximum Gasteiger partial charge on any atom is 0.0964 e. The highest BCUT2D eigenvalue weighted by Gasteiger charge is 2.09. The highest BCUT2D eigenvalue weighted by atomic mass is 14.7. The van der Waals surface area contributed by atoms with Crippen molar-refractivity contribution in [1.82, 2.24) is 15.0 Å². The molecule has 4 heteroatoms. The molecular weight excluding hydrogens is 488 g/mol. The fraction of sp³-hybridized carbons (Fsp3) is 0.0278. The van der Waals surface area contributed by atoms with Gasteiger partial charge in [-0.25, -0.2) is 0 Å². The van der Waals surface area contributed by atoms with Crippen molar-refractivity contribution in [2.24, 2.45) is 0 Å². The lowest BCUT2D eigenvalue weighted by Gasteiger charge is -2.10. The molecule has 2 N–H and O–H groups in total. The smallest absolute Gasteiger partial charge is 0.0964 e. The number of nitrogens with two attached hydrogens (primary N) is 1. The van der Waals surface area contributed by atoms with Crippen LogP contribution in [0.25, 0.3) is 66.6 Å². The first kappa shape index (κ1) is 23.7.